The second kappa shape index (κ2) is 5.08. The molecule has 2 heterocycles. The maximum absolute atomic E-state index is 5.95. The molecule has 100 valence electrons. The van der Waals surface area contributed by atoms with E-state index in [4.69, 9.17) is 16.0 Å². The molecule has 0 bridgehead atoms. The molecule has 4 nitrogen and oxygen atoms in total. The molecule has 1 aromatic rings. The van der Waals surface area contributed by atoms with Crippen LogP contribution in [-0.4, -0.2) is 23.3 Å². The van der Waals surface area contributed by atoms with E-state index in [-0.39, 0.29) is 5.38 Å². The van der Waals surface area contributed by atoms with Gasteiger partial charge in [0.2, 0.25) is 5.89 Å². The molecule has 18 heavy (non-hydrogen) atoms. The van der Waals surface area contributed by atoms with E-state index < -0.39 is 0 Å². The molecule has 3 rings (SSSR count). The van der Waals surface area contributed by atoms with Gasteiger partial charge in [-0.1, -0.05) is 24.4 Å². The van der Waals surface area contributed by atoms with Crippen LogP contribution >= 0.6 is 11.6 Å². The van der Waals surface area contributed by atoms with Crippen molar-refractivity contribution in [2.24, 2.45) is 11.8 Å². The van der Waals surface area contributed by atoms with Crippen LogP contribution in [0.15, 0.2) is 4.42 Å². The number of alkyl halides is 1. The van der Waals surface area contributed by atoms with Crippen LogP contribution in [0, 0.1) is 11.8 Å². The average molecular weight is 270 g/mol. The lowest BCUT2D eigenvalue weighted by atomic mass is 9.75. The highest BCUT2D eigenvalue weighted by molar-refractivity contribution is 6.20. The summed E-state index contributed by atoms with van der Waals surface area (Å²) in [5.74, 6) is 2.26. The number of halogens is 1. The summed E-state index contributed by atoms with van der Waals surface area (Å²) < 4.78 is 5.64. The van der Waals surface area contributed by atoms with Gasteiger partial charge in [-0.2, -0.15) is 0 Å². The van der Waals surface area contributed by atoms with Crippen molar-refractivity contribution in [1.82, 2.24) is 10.2 Å². The van der Waals surface area contributed by atoms with Crippen molar-refractivity contribution < 1.29 is 4.42 Å². The zero-order valence-corrected chi connectivity index (χ0v) is 11.6. The van der Waals surface area contributed by atoms with Crippen LogP contribution in [0.2, 0.25) is 0 Å². The zero-order valence-electron chi connectivity index (χ0n) is 10.8. The Kier molecular flexibility index (Phi) is 3.46. The highest BCUT2D eigenvalue weighted by Crippen LogP contribution is 2.37. The molecule has 0 spiro atoms. The summed E-state index contributed by atoms with van der Waals surface area (Å²) in [4.78, 5) is 2.24. The molecule has 2 aliphatic rings. The van der Waals surface area contributed by atoms with Crippen molar-refractivity contribution in [3.63, 3.8) is 0 Å². The molecule has 0 amide bonds. The van der Waals surface area contributed by atoms with E-state index in [1.165, 1.54) is 32.1 Å². The first-order valence-electron chi connectivity index (χ1n) is 6.96. The van der Waals surface area contributed by atoms with E-state index in [0.717, 1.165) is 24.9 Å². The van der Waals surface area contributed by atoms with Gasteiger partial charge in [-0.3, -0.25) is 0 Å². The Bertz CT molecular complexity index is 407. The molecule has 1 aromatic heterocycles. The maximum Gasteiger partial charge on any atom is 0.318 e. The van der Waals surface area contributed by atoms with Crippen LogP contribution in [0.4, 0.5) is 6.01 Å². The number of rotatable bonds is 2. The van der Waals surface area contributed by atoms with Crippen LogP contribution in [0.25, 0.3) is 0 Å². The van der Waals surface area contributed by atoms with E-state index >= 15 is 0 Å². The first-order chi connectivity index (χ1) is 8.74. The highest BCUT2D eigenvalue weighted by atomic mass is 35.5. The normalized spacial score (nSPS) is 30.0. The molecule has 0 radical (unpaired) electrons. The lowest BCUT2D eigenvalue weighted by molar-refractivity contribution is 0.198. The van der Waals surface area contributed by atoms with Gasteiger partial charge < -0.3 is 9.32 Å². The van der Waals surface area contributed by atoms with Crippen LogP contribution < -0.4 is 4.90 Å². The van der Waals surface area contributed by atoms with Crippen LogP contribution in [0.5, 0.6) is 0 Å². The third kappa shape index (κ3) is 2.35. The molecular weight excluding hydrogens is 250 g/mol. The van der Waals surface area contributed by atoms with E-state index in [9.17, 15) is 0 Å². The molecule has 5 heteroatoms. The Morgan fingerprint density at radius 1 is 1.22 bits per heavy atom. The van der Waals surface area contributed by atoms with Crippen LogP contribution in [0.1, 0.15) is 50.3 Å². The number of aromatic nitrogens is 2. The van der Waals surface area contributed by atoms with Gasteiger partial charge in [-0.05, 0) is 31.6 Å². The van der Waals surface area contributed by atoms with E-state index in [1.807, 2.05) is 6.92 Å². The number of piperidine rings is 1. The predicted molar refractivity (Wildman–Crippen MR) is 70.8 cm³/mol. The second-order valence-electron chi connectivity index (χ2n) is 5.58. The summed E-state index contributed by atoms with van der Waals surface area (Å²) in [7, 11) is 0. The topological polar surface area (TPSA) is 42.2 Å². The summed E-state index contributed by atoms with van der Waals surface area (Å²) in [6.45, 7) is 3.97. The SMILES string of the molecule is CC(Cl)c1nnc(N2CCC3CCCCC3C2)o1. The Balaban J connectivity index is 1.69. The van der Waals surface area contributed by atoms with Crippen molar-refractivity contribution in [3.8, 4) is 0 Å². The van der Waals surface area contributed by atoms with Crippen molar-refractivity contribution in [2.45, 2.75) is 44.4 Å². The Morgan fingerprint density at radius 2 is 2.00 bits per heavy atom. The number of hydrogen-bond acceptors (Lipinski definition) is 4. The Morgan fingerprint density at radius 3 is 2.72 bits per heavy atom. The minimum atomic E-state index is -0.210. The fraction of sp³-hybridized carbons (Fsp3) is 0.846. The second-order valence-corrected chi connectivity index (χ2v) is 6.23. The third-order valence-corrected chi connectivity index (χ3v) is 4.52. The smallest absolute Gasteiger partial charge is 0.318 e. The first-order valence-corrected chi connectivity index (χ1v) is 7.40. The van der Waals surface area contributed by atoms with Gasteiger partial charge in [-0.15, -0.1) is 16.7 Å². The Labute approximate surface area is 113 Å². The summed E-state index contributed by atoms with van der Waals surface area (Å²) in [5.41, 5.74) is 0. The monoisotopic (exact) mass is 269 g/mol. The van der Waals surface area contributed by atoms with Crippen molar-refractivity contribution >= 4 is 17.6 Å². The molecule has 1 saturated heterocycles. The summed E-state index contributed by atoms with van der Waals surface area (Å²) in [5, 5.41) is 7.92. The molecule has 1 saturated carbocycles. The van der Waals surface area contributed by atoms with Crippen molar-refractivity contribution in [1.29, 1.82) is 0 Å². The molecule has 0 aromatic carbocycles. The minimum absolute atomic E-state index is 0.210. The molecule has 3 atom stereocenters. The first kappa shape index (κ1) is 12.3. The van der Waals surface area contributed by atoms with Gasteiger partial charge in [0.15, 0.2) is 0 Å². The molecule has 1 aliphatic heterocycles. The van der Waals surface area contributed by atoms with Gasteiger partial charge in [0, 0.05) is 13.1 Å². The lowest BCUT2D eigenvalue weighted by Gasteiger charge is -2.40. The van der Waals surface area contributed by atoms with Gasteiger partial charge in [0.1, 0.15) is 5.38 Å². The van der Waals surface area contributed by atoms with Gasteiger partial charge in [-0.25, -0.2) is 0 Å². The van der Waals surface area contributed by atoms with Gasteiger partial charge >= 0.3 is 6.01 Å². The van der Waals surface area contributed by atoms with E-state index in [0.29, 0.717) is 11.9 Å². The van der Waals surface area contributed by atoms with Crippen molar-refractivity contribution in [2.75, 3.05) is 18.0 Å². The number of fused-ring (bicyclic) bond motifs is 1. The summed E-state index contributed by atoms with van der Waals surface area (Å²) in [6.07, 6.45) is 6.82. The highest BCUT2D eigenvalue weighted by Gasteiger charge is 2.32. The molecular formula is C13H20ClN3O. The van der Waals surface area contributed by atoms with E-state index in [2.05, 4.69) is 15.1 Å². The lowest BCUT2D eigenvalue weighted by Crippen LogP contribution is -2.42. The molecule has 1 aliphatic carbocycles. The quantitative estimate of drug-likeness (QED) is 0.772. The predicted octanol–water partition coefficient (Wildman–Crippen LogP) is 3.39. The van der Waals surface area contributed by atoms with Crippen LogP contribution in [-0.2, 0) is 0 Å². The number of hydrogen-bond donors (Lipinski definition) is 0. The minimum Gasteiger partial charge on any atom is -0.406 e. The van der Waals surface area contributed by atoms with E-state index in [1.54, 1.807) is 0 Å². The average Bonchev–Trinajstić information content (AvgIpc) is 2.88. The molecule has 3 unspecified atom stereocenters. The van der Waals surface area contributed by atoms with Crippen LogP contribution in [0.3, 0.4) is 0 Å². The fourth-order valence-electron chi connectivity index (χ4n) is 3.29. The number of nitrogens with zero attached hydrogens (tertiary/aromatic N) is 3. The van der Waals surface area contributed by atoms with Gasteiger partial charge in [0.05, 0.1) is 0 Å². The van der Waals surface area contributed by atoms with Gasteiger partial charge in [0.25, 0.3) is 0 Å². The van der Waals surface area contributed by atoms with Crippen molar-refractivity contribution in [3.05, 3.63) is 5.89 Å². The fourth-order valence-corrected chi connectivity index (χ4v) is 3.38. The Hall–Kier alpha value is -0.770. The summed E-state index contributed by atoms with van der Waals surface area (Å²) >= 11 is 5.95. The third-order valence-electron chi connectivity index (χ3n) is 4.33. The molecule has 2 fully saturated rings. The zero-order chi connectivity index (χ0) is 12.5. The largest absolute Gasteiger partial charge is 0.406 e. The maximum atomic E-state index is 5.95. The molecule has 0 N–H and O–H groups in total. The number of anilines is 1. The standard InChI is InChI=1S/C13H20ClN3O/c1-9(14)12-15-16-13(18-12)17-7-6-10-4-2-3-5-11(10)8-17/h9-11H,2-8H2,1H3. The summed E-state index contributed by atoms with van der Waals surface area (Å²) in [6, 6.07) is 0.654.